The monoisotopic (exact) mass is 405 g/mol. The van der Waals surface area contributed by atoms with Crippen LogP contribution in [-0.2, 0) is 16.0 Å². The maximum atomic E-state index is 13.2. The first-order valence-corrected chi connectivity index (χ1v) is 10.9. The molecule has 2 aromatic rings. The second-order valence-corrected chi connectivity index (χ2v) is 9.24. The lowest BCUT2D eigenvalue weighted by Gasteiger charge is -2.42. The number of benzene rings is 1. The minimum absolute atomic E-state index is 0.172. The molecule has 4 rings (SSSR count). The summed E-state index contributed by atoms with van der Waals surface area (Å²) in [6, 6.07) is 12.4. The van der Waals surface area contributed by atoms with Crippen LogP contribution in [0, 0.1) is 17.3 Å². The minimum atomic E-state index is -0.439. The molecule has 5 nitrogen and oxygen atoms in total. The van der Waals surface area contributed by atoms with Crippen LogP contribution in [-0.4, -0.2) is 53.8 Å². The van der Waals surface area contributed by atoms with Crippen molar-refractivity contribution in [1.82, 2.24) is 14.8 Å². The van der Waals surface area contributed by atoms with Crippen molar-refractivity contribution in [2.24, 2.45) is 17.3 Å². The van der Waals surface area contributed by atoms with Crippen LogP contribution in [0.2, 0.25) is 0 Å². The number of piperidine rings is 1. The number of pyridine rings is 1. The van der Waals surface area contributed by atoms with Crippen LogP contribution in [0.3, 0.4) is 0 Å². The second-order valence-electron chi connectivity index (χ2n) is 9.24. The quantitative estimate of drug-likeness (QED) is 0.763. The van der Waals surface area contributed by atoms with Crippen LogP contribution < -0.4 is 0 Å². The van der Waals surface area contributed by atoms with Gasteiger partial charge in [-0.1, -0.05) is 37.3 Å². The lowest BCUT2D eigenvalue weighted by Crippen LogP contribution is -2.51. The van der Waals surface area contributed by atoms with Crippen LogP contribution in [0.5, 0.6) is 0 Å². The van der Waals surface area contributed by atoms with Gasteiger partial charge in [0.05, 0.1) is 5.41 Å². The summed E-state index contributed by atoms with van der Waals surface area (Å²) < 4.78 is 0. The summed E-state index contributed by atoms with van der Waals surface area (Å²) in [6.45, 7) is 3.49. The molecule has 0 spiro atoms. The summed E-state index contributed by atoms with van der Waals surface area (Å²) in [5.41, 5.74) is 2.93. The summed E-state index contributed by atoms with van der Waals surface area (Å²) in [4.78, 5) is 33.7. The van der Waals surface area contributed by atoms with E-state index in [1.54, 1.807) is 11.1 Å². The number of rotatable bonds is 5. The number of amides is 2. The molecule has 2 fully saturated rings. The third kappa shape index (κ3) is 4.11. The normalized spacial score (nSPS) is 22.4. The molecule has 1 aliphatic carbocycles. The molecule has 2 atom stereocenters. The van der Waals surface area contributed by atoms with Crippen LogP contribution in [0.15, 0.2) is 48.8 Å². The van der Waals surface area contributed by atoms with E-state index < -0.39 is 5.41 Å². The van der Waals surface area contributed by atoms with E-state index in [-0.39, 0.29) is 17.7 Å². The number of carbonyl (C=O) groups excluding carboxylic acids is 2. The molecule has 0 radical (unpaired) electrons. The van der Waals surface area contributed by atoms with Gasteiger partial charge in [0.2, 0.25) is 11.8 Å². The van der Waals surface area contributed by atoms with Crippen molar-refractivity contribution in [2.45, 2.75) is 32.6 Å². The molecule has 1 aromatic heterocycles. The molecule has 1 saturated heterocycles. The van der Waals surface area contributed by atoms with Gasteiger partial charge in [0.25, 0.3) is 0 Å². The Kier molecular flexibility index (Phi) is 5.63. The van der Waals surface area contributed by atoms with Gasteiger partial charge in [0.1, 0.15) is 0 Å². The molecular formula is C25H31N3O2. The Morgan fingerprint density at radius 1 is 1.10 bits per heavy atom. The van der Waals surface area contributed by atoms with E-state index in [0.29, 0.717) is 25.4 Å². The number of nitrogens with zero attached hydrogens (tertiary/aromatic N) is 3. The van der Waals surface area contributed by atoms with Gasteiger partial charge in [-0.15, -0.1) is 0 Å². The van der Waals surface area contributed by atoms with Crippen molar-refractivity contribution >= 4 is 11.8 Å². The van der Waals surface area contributed by atoms with E-state index >= 15 is 0 Å². The predicted molar refractivity (Wildman–Crippen MR) is 118 cm³/mol. The molecule has 1 aromatic carbocycles. The van der Waals surface area contributed by atoms with Crippen molar-refractivity contribution in [3.8, 4) is 11.1 Å². The Hall–Kier alpha value is -2.69. The van der Waals surface area contributed by atoms with Gasteiger partial charge < -0.3 is 9.80 Å². The van der Waals surface area contributed by atoms with E-state index in [4.69, 9.17) is 0 Å². The minimum Gasteiger partial charge on any atom is -0.348 e. The predicted octanol–water partition coefficient (Wildman–Crippen LogP) is 3.64. The summed E-state index contributed by atoms with van der Waals surface area (Å²) in [6.07, 6.45) is 6.80. The Bertz CT molecular complexity index is 900. The molecule has 1 saturated carbocycles. The third-order valence-electron chi connectivity index (χ3n) is 6.81. The first-order chi connectivity index (χ1) is 14.4. The maximum absolute atomic E-state index is 13.2. The molecule has 0 bridgehead atoms. The van der Waals surface area contributed by atoms with Gasteiger partial charge in [-0.05, 0) is 54.4 Å². The summed E-state index contributed by atoms with van der Waals surface area (Å²) in [5, 5.41) is 0. The SMILES string of the molecule is CC1CC1C(=O)N1CCC(Cc2ccc(-c3cccnc3)cc2)(C(=O)N(C)C)CC1. The van der Waals surface area contributed by atoms with Crippen molar-refractivity contribution in [3.05, 3.63) is 54.4 Å². The molecule has 0 N–H and O–H groups in total. The molecule has 5 heteroatoms. The lowest BCUT2D eigenvalue weighted by atomic mass is 9.72. The van der Waals surface area contributed by atoms with E-state index in [2.05, 4.69) is 36.2 Å². The van der Waals surface area contributed by atoms with Crippen molar-refractivity contribution in [3.63, 3.8) is 0 Å². The number of carbonyl (C=O) groups is 2. The number of hydrogen-bond acceptors (Lipinski definition) is 3. The average Bonchev–Trinajstić information content (AvgIpc) is 3.51. The Morgan fingerprint density at radius 3 is 2.30 bits per heavy atom. The molecule has 2 amide bonds. The zero-order valence-corrected chi connectivity index (χ0v) is 18.2. The fourth-order valence-corrected chi connectivity index (χ4v) is 4.74. The molecule has 2 heterocycles. The highest BCUT2D eigenvalue weighted by Gasteiger charge is 2.46. The molecular weight excluding hydrogens is 374 g/mol. The topological polar surface area (TPSA) is 53.5 Å². The van der Waals surface area contributed by atoms with Crippen molar-refractivity contribution in [1.29, 1.82) is 0 Å². The third-order valence-corrected chi connectivity index (χ3v) is 6.81. The molecule has 2 aliphatic rings. The second kappa shape index (κ2) is 8.21. The van der Waals surface area contributed by atoms with Crippen LogP contribution in [0.1, 0.15) is 31.7 Å². The van der Waals surface area contributed by atoms with E-state index in [1.165, 1.54) is 0 Å². The first kappa shape index (κ1) is 20.6. The molecule has 2 unspecified atom stereocenters. The summed E-state index contributed by atoms with van der Waals surface area (Å²) in [7, 11) is 3.66. The van der Waals surface area contributed by atoms with E-state index in [0.717, 1.165) is 36.0 Å². The standard InChI is InChI=1S/C25H31N3O2/c1-18-15-22(18)23(29)28-13-10-25(11-14-28,24(30)27(2)3)16-19-6-8-20(9-7-19)21-5-4-12-26-17-21/h4-9,12,17-18,22H,10-11,13-16H2,1-3H3. The van der Waals surface area contributed by atoms with Gasteiger partial charge in [0, 0.05) is 45.5 Å². The highest BCUT2D eigenvalue weighted by molar-refractivity contribution is 5.84. The fourth-order valence-electron chi connectivity index (χ4n) is 4.74. The van der Waals surface area contributed by atoms with Gasteiger partial charge in [-0.2, -0.15) is 0 Å². The van der Waals surface area contributed by atoms with Gasteiger partial charge >= 0.3 is 0 Å². The lowest BCUT2D eigenvalue weighted by molar-refractivity contribution is -0.146. The van der Waals surface area contributed by atoms with Gasteiger partial charge in [-0.25, -0.2) is 0 Å². The fraction of sp³-hybridized carbons (Fsp3) is 0.480. The largest absolute Gasteiger partial charge is 0.348 e. The van der Waals surface area contributed by atoms with Crippen LogP contribution in [0.4, 0.5) is 0 Å². The van der Waals surface area contributed by atoms with E-state index in [9.17, 15) is 9.59 Å². The smallest absolute Gasteiger partial charge is 0.228 e. The van der Waals surface area contributed by atoms with Gasteiger partial charge in [0.15, 0.2) is 0 Å². The Labute approximate surface area is 179 Å². The number of likely N-dealkylation sites (tertiary alicyclic amines) is 1. The summed E-state index contributed by atoms with van der Waals surface area (Å²) in [5.74, 6) is 1.19. The Balaban J connectivity index is 1.49. The number of hydrogen-bond donors (Lipinski definition) is 0. The van der Waals surface area contributed by atoms with E-state index in [1.807, 2.05) is 37.3 Å². The molecule has 30 heavy (non-hydrogen) atoms. The van der Waals surface area contributed by atoms with Crippen LogP contribution in [0.25, 0.3) is 11.1 Å². The maximum Gasteiger partial charge on any atom is 0.228 e. The highest BCUT2D eigenvalue weighted by Crippen LogP contribution is 2.42. The van der Waals surface area contributed by atoms with Gasteiger partial charge in [-0.3, -0.25) is 14.6 Å². The first-order valence-electron chi connectivity index (χ1n) is 10.9. The van der Waals surface area contributed by atoms with Crippen molar-refractivity contribution < 1.29 is 9.59 Å². The zero-order valence-electron chi connectivity index (χ0n) is 18.2. The number of aromatic nitrogens is 1. The Morgan fingerprint density at radius 2 is 1.77 bits per heavy atom. The molecule has 1 aliphatic heterocycles. The summed E-state index contributed by atoms with van der Waals surface area (Å²) >= 11 is 0. The van der Waals surface area contributed by atoms with Crippen molar-refractivity contribution in [2.75, 3.05) is 27.2 Å². The highest BCUT2D eigenvalue weighted by atomic mass is 16.2. The van der Waals surface area contributed by atoms with Crippen LogP contribution >= 0.6 is 0 Å². The molecule has 158 valence electrons. The zero-order chi connectivity index (χ0) is 21.3. The average molecular weight is 406 g/mol.